The van der Waals surface area contributed by atoms with Crippen molar-refractivity contribution < 1.29 is 9.90 Å². The van der Waals surface area contributed by atoms with E-state index in [4.69, 9.17) is 0 Å². The second kappa shape index (κ2) is 7.43. The molecule has 7 nitrogen and oxygen atoms in total. The van der Waals surface area contributed by atoms with E-state index in [0.717, 1.165) is 25.9 Å². The number of aromatic hydroxyl groups is 1. The molecule has 3 rings (SSSR count). The number of nitrogens with zero attached hydrogens (tertiary/aromatic N) is 3. The molecular formula is C15H20ClN5O2. The number of hydrogen-bond acceptors (Lipinski definition) is 5. The molecular weight excluding hydrogens is 318 g/mol. The fraction of sp³-hybridized carbons (Fsp3) is 0.400. The van der Waals surface area contributed by atoms with Crippen LogP contribution in [0.25, 0.3) is 11.0 Å². The largest absolute Gasteiger partial charge is 0.507 e. The van der Waals surface area contributed by atoms with E-state index in [1.54, 1.807) is 6.07 Å². The van der Waals surface area contributed by atoms with Crippen molar-refractivity contribution in [2.24, 2.45) is 0 Å². The summed E-state index contributed by atoms with van der Waals surface area (Å²) in [6.07, 6.45) is 4.07. The number of likely N-dealkylation sites (tertiary alicyclic amines) is 1. The minimum atomic E-state index is -0.298. The van der Waals surface area contributed by atoms with Crippen molar-refractivity contribution in [3.05, 3.63) is 30.4 Å². The minimum absolute atomic E-state index is 0. The molecule has 1 fully saturated rings. The van der Waals surface area contributed by atoms with Crippen molar-refractivity contribution in [1.29, 1.82) is 0 Å². The molecule has 1 amide bonds. The van der Waals surface area contributed by atoms with Crippen LogP contribution in [0, 0.1) is 0 Å². The van der Waals surface area contributed by atoms with E-state index in [2.05, 4.69) is 32.2 Å². The number of phenolic OH excluding ortho intramolecular Hbond substituents is 1. The van der Waals surface area contributed by atoms with Gasteiger partial charge in [0.2, 0.25) is 0 Å². The summed E-state index contributed by atoms with van der Waals surface area (Å²) >= 11 is 0. The maximum atomic E-state index is 12.3. The Morgan fingerprint density at radius 2 is 2.22 bits per heavy atom. The molecule has 0 spiro atoms. The van der Waals surface area contributed by atoms with E-state index >= 15 is 0 Å². The van der Waals surface area contributed by atoms with Crippen molar-refractivity contribution in [3.8, 4) is 5.75 Å². The summed E-state index contributed by atoms with van der Waals surface area (Å²) in [5.74, 6) is -0.388. The van der Waals surface area contributed by atoms with E-state index in [1.807, 2.05) is 6.08 Å². The van der Waals surface area contributed by atoms with Crippen LogP contribution in [0.5, 0.6) is 5.75 Å². The SMILES string of the molecule is C=CCN1CCCC1CNC(=O)c1cc2n[nH]nc2cc1O.Cl. The van der Waals surface area contributed by atoms with Gasteiger partial charge in [0.25, 0.3) is 5.91 Å². The molecule has 1 aromatic heterocycles. The average molecular weight is 338 g/mol. The molecule has 1 saturated heterocycles. The normalized spacial score (nSPS) is 17.8. The summed E-state index contributed by atoms with van der Waals surface area (Å²) in [5, 5.41) is 23.1. The van der Waals surface area contributed by atoms with Gasteiger partial charge in [-0.05, 0) is 25.5 Å². The van der Waals surface area contributed by atoms with Gasteiger partial charge >= 0.3 is 0 Å². The first-order valence-corrected chi connectivity index (χ1v) is 7.35. The van der Waals surface area contributed by atoms with Crippen LogP contribution in [0.2, 0.25) is 0 Å². The van der Waals surface area contributed by atoms with Gasteiger partial charge in [-0.2, -0.15) is 15.4 Å². The Balaban J connectivity index is 0.00000192. The van der Waals surface area contributed by atoms with Gasteiger partial charge in [-0.15, -0.1) is 19.0 Å². The number of aromatic amines is 1. The Hall–Kier alpha value is -2.12. The van der Waals surface area contributed by atoms with E-state index in [1.165, 1.54) is 6.07 Å². The van der Waals surface area contributed by atoms with Crippen LogP contribution in [-0.4, -0.2) is 57.0 Å². The van der Waals surface area contributed by atoms with Crippen LogP contribution in [0.1, 0.15) is 23.2 Å². The molecule has 1 aliphatic heterocycles. The number of fused-ring (bicyclic) bond motifs is 1. The van der Waals surface area contributed by atoms with E-state index < -0.39 is 0 Å². The van der Waals surface area contributed by atoms with Crippen LogP contribution in [0.4, 0.5) is 0 Å². The highest BCUT2D eigenvalue weighted by Gasteiger charge is 2.24. The molecule has 1 atom stereocenters. The molecule has 23 heavy (non-hydrogen) atoms. The maximum Gasteiger partial charge on any atom is 0.255 e. The average Bonchev–Trinajstić information content (AvgIpc) is 3.13. The molecule has 1 aliphatic rings. The maximum absolute atomic E-state index is 12.3. The first kappa shape index (κ1) is 17.2. The Kier molecular flexibility index (Phi) is 5.57. The van der Waals surface area contributed by atoms with Crippen LogP contribution in [0.3, 0.4) is 0 Å². The van der Waals surface area contributed by atoms with Crippen LogP contribution >= 0.6 is 12.4 Å². The molecule has 3 N–H and O–H groups in total. The molecule has 1 aromatic carbocycles. The molecule has 2 aromatic rings. The first-order chi connectivity index (χ1) is 10.7. The molecule has 1 unspecified atom stereocenters. The fourth-order valence-corrected chi connectivity index (χ4v) is 2.90. The zero-order valence-electron chi connectivity index (χ0n) is 12.7. The Morgan fingerprint density at radius 1 is 1.48 bits per heavy atom. The molecule has 0 bridgehead atoms. The van der Waals surface area contributed by atoms with Gasteiger partial charge in [-0.25, -0.2) is 0 Å². The Labute approximate surface area is 140 Å². The smallest absolute Gasteiger partial charge is 0.255 e. The van der Waals surface area contributed by atoms with Gasteiger partial charge in [0.05, 0.1) is 5.56 Å². The number of carbonyl (C=O) groups is 1. The summed E-state index contributed by atoms with van der Waals surface area (Å²) in [4.78, 5) is 14.6. The number of nitrogens with one attached hydrogen (secondary N) is 2. The van der Waals surface area contributed by atoms with Crippen LogP contribution in [0.15, 0.2) is 24.8 Å². The number of hydrogen-bond donors (Lipinski definition) is 3. The lowest BCUT2D eigenvalue weighted by Crippen LogP contribution is -2.40. The summed E-state index contributed by atoms with van der Waals surface area (Å²) < 4.78 is 0. The summed E-state index contributed by atoms with van der Waals surface area (Å²) in [7, 11) is 0. The summed E-state index contributed by atoms with van der Waals surface area (Å²) in [6.45, 7) is 6.18. The molecule has 0 radical (unpaired) electrons. The molecule has 124 valence electrons. The standard InChI is InChI=1S/C15H19N5O2.ClH/c1-2-5-20-6-3-4-10(20)9-16-15(22)11-7-12-13(8-14(11)21)18-19-17-12;/h2,7-8,10,21H,1,3-6,9H2,(H,16,22)(H,17,18,19);1H. The molecule has 8 heteroatoms. The van der Waals surface area contributed by atoms with Crippen LogP contribution < -0.4 is 5.32 Å². The fourth-order valence-electron chi connectivity index (χ4n) is 2.90. The number of aromatic nitrogens is 3. The number of phenols is 1. The quantitative estimate of drug-likeness (QED) is 0.718. The summed E-state index contributed by atoms with van der Waals surface area (Å²) in [6, 6.07) is 3.30. The van der Waals surface area contributed by atoms with Crippen molar-refractivity contribution in [3.63, 3.8) is 0 Å². The van der Waals surface area contributed by atoms with Crippen molar-refractivity contribution in [1.82, 2.24) is 25.6 Å². The lowest BCUT2D eigenvalue weighted by molar-refractivity contribution is 0.0939. The highest BCUT2D eigenvalue weighted by molar-refractivity contribution is 6.00. The highest BCUT2D eigenvalue weighted by Crippen LogP contribution is 2.22. The van der Waals surface area contributed by atoms with E-state index in [9.17, 15) is 9.90 Å². The van der Waals surface area contributed by atoms with Gasteiger partial charge in [0, 0.05) is 25.2 Å². The third-order valence-electron chi connectivity index (χ3n) is 4.04. The Bertz CT molecular complexity index is 702. The monoisotopic (exact) mass is 337 g/mol. The first-order valence-electron chi connectivity index (χ1n) is 7.35. The molecule has 0 aliphatic carbocycles. The second-order valence-electron chi connectivity index (χ2n) is 5.47. The van der Waals surface area contributed by atoms with Crippen LogP contribution in [-0.2, 0) is 0 Å². The Morgan fingerprint density at radius 3 is 2.96 bits per heavy atom. The number of carbonyl (C=O) groups excluding carboxylic acids is 1. The molecule has 0 saturated carbocycles. The number of rotatable bonds is 5. The zero-order valence-corrected chi connectivity index (χ0v) is 13.5. The number of benzene rings is 1. The predicted molar refractivity (Wildman–Crippen MR) is 89.9 cm³/mol. The third-order valence-corrected chi connectivity index (χ3v) is 4.04. The second-order valence-corrected chi connectivity index (χ2v) is 5.47. The lowest BCUT2D eigenvalue weighted by atomic mass is 10.1. The van der Waals surface area contributed by atoms with Gasteiger partial charge < -0.3 is 10.4 Å². The van der Waals surface area contributed by atoms with Crippen molar-refractivity contribution in [2.45, 2.75) is 18.9 Å². The van der Waals surface area contributed by atoms with E-state index in [0.29, 0.717) is 23.6 Å². The van der Waals surface area contributed by atoms with Gasteiger partial charge in [0.15, 0.2) is 0 Å². The number of H-pyrrole nitrogens is 1. The third kappa shape index (κ3) is 3.62. The lowest BCUT2D eigenvalue weighted by Gasteiger charge is -2.23. The molecule has 2 heterocycles. The van der Waals surface area contributed by atoms with Gasteiger partial charge in [0.1, 0.15) is 16.8 Å². The number of halogens is 1. The minimum Gasteiger partial charge on any atom is -0.507 e. The topological polar surface area (TPSA) is 94.1 Å². The highest BCUT2D eigenvalue weighted by atomic mass is 35.5. The summed E-state index contributed by atoms with van der Waals surface area (Å²) in [5.41, 5.74) is 1.30. The zero-order chi connectivity index (χ0) is 15.5. The van der Waals surface area contributed by atoms with Gasteiger partial charge in [-0.3, -0.25) is 9.69 Å². The van der Waals surface area contributed by atoms with Crippen molar-refractivity contribution >= 4 is 29.3 Å². The van der Waals surface area contributed by atoms with Gasteiger partial charge in [-0.1, -0.05) is 6.08 Å². The predicted octanol–water partition coefficient (Wildman–Crippen LogP) is 1.47. The number of amides is 1. The van der Waals surface area contributed by atoms with Crippen molar-refractivity contribution in [2.75, 3.05) is 19.6 Å². The van der Waals surface area contributed by atoms with E-state index in [-0.39, 0.29) is 29.6 Å².